The summed E-state index contributed by atoms with van der Waals surface area (Å²) in [7, 11) is 0. The quantitative estimate of drug-likeness (QED) is 0.776. The van der Waals surface area contributed by atoms with Crippen LogP contribution in [0.15, 0.2) is 12.7 Å². The van der Waals surface area contributed by atoms with E-state index in [-0.39, 0.29) is 18.0 Å². The third-order valence-corrected chi connectivity index (χ3v) is 3.50. The molecular weight excluding hydrogens is 218 g/mol. The molecule has 1 aliphatic carbocycles. The molecule has 94 valence electrons. The van der Waals surface area contributed by atoms with Crippen LogP contribution in [-0.4, -0.2) is 33.3 Å². The maximum atomic E-state index is 12.0. The topological polar surface area (TPSA) is 85.8 Å². The molecule has 1 fully saturated rings. The number of nitrogens with one attached hydrogen (secondary N) is 1. The van der Waals surface area contributed by atoms with Gasteiger partial charge in [-0.1, -0.05) is 6.42 Å². The van der Waals surface area contributed by atoms with Crippen molar-refractivity contribution < 1.29 is 4.79 Å². The lowest BCUT2D eigenvalue weighted by atomic mass is 10.0. The molecule has 0 aromatic carbocycles. The Bertz CT molecular complexity index is 364. The van der Waals surface area contributed by atoms with Gasteiger partial charge < -0.3 is 11.1 Å². The van der Waals surface area contributed by atoms with Crippen LogP contribution in [0.4, 0.5) is 0 Å². The van der Waals surface area contributed by atoms with Gasteiger partial charge >= 0.3 is 0 Å². The van der Waals surface area contributed by atoms with Crippen molar-refractivity contribution in [2.24, 2.45) is 11.7 Å². The molecule has 3 N–H and O–H groups in total. The van der Waals surface area contributed by atoms with Crippen molar-refractivity contribution in [3.63, 3.8) is 0 Å². The Labute approximate surface area is 101 Å². The Morgan fingerprint density at radius 1 is 1.65 bits per heavy atom. The number of nitrogens with zero attached hydrogens (tertiary/aromatic N) is 3. The lowest BCUT2D eigenvalue weighted by molar-refractivity contribution is -0.125. The third kappa shape index (κ3) is 2.63. The Hall–Kier alpha value is -1.43. The van der Waals surface area contributed by atoms with E-state index >= 15 is 0 Å². The van der Waals surface area contributed by atoms with E-state index in [4.69, 9.17) is 5.73 Å². The Morgan fingerprint density at radius 2 is 2.47 bits per heavy atom. The zero-order valence-corrected chi connectivity index (χ0v) is 10.0. The molecule has 6 nitrogen and oxygen atoms in total. The van der Waals surface area contributed by atoms with Crippen LogP contribution >= 0.6 is 0 Å². The highest BCUT2D eigenvalue weighted by molar-refractivity contribution is 5.80. The maximum absolute atomic E-state index is 12.0. The van der Waals surface area contributed by atoms with Gasteiger partial charge in [0.2, 0.25) is 5.91 Å². The summed E-state index contributed by atoms with van der Waals surface area (Å²) >= 11 is 0. The SMILES string of the molecule is CC(C(=O)NC1CCCC1CN)n1cncn1. The van der Waals surface area contributed by atoms with Gasteiger partial charge in [0.25, 0.3) is 0 Å². The number of amides is 1. The lowest BCUT2D eigenvalue weighted by Gasteiger charge is -2.21. The smallest absolute Gasteiger partial charge is 0.244 e. The first kappa shape index (κ1) is 12.0. The van der Waals surface area contributed by atoms with E-state index in [9.17, 15) is 4.79 Å². The van der Waals surface area contributed by atoms with Gasteiger partial charge in [-0.2, -0.15) is 5.10 Å². The summed E-state index contributed by atoms with van der Waals surface area (Å²) in [6.45, 7) is 2.46. The summed E-state index contributed by atoms with van der Waals surface area (Å²) in [5.74, 6) is 0.405. The first-order valence-corrected chi connectivity index (χ1v) is 6.07. The zero-order valence-electron chi connectivity index (χ0n) is 10.0. The highest BCUT2D eigenvalue weighted by Crippen LogP contribution is 2.24. The minimum absolute atomic E-state index is 0.0131. The molecule has 6 heteroatoms. The normalized spacial score (nSPS) is 25.8. The van der Waals surface area contributed by atoms with E-state index in [2.05, 4.69) is 15.4 Å². The molecular formula is C11H19N5O. The van der Waals surface area contributed by atoms with Gasteiger partial charge in [-0.25, -0.2) is 9.67 Å². The molecule has 0 spiro atoms. The molecule has 1 amide bonds. The van der Waals surface area contributed by atoms with Crippen molar-refractivity contribution in [2.45, 2.75) is 38.3 Å². The minimum Gasteiger partial charge on any atom is -0.351 e. The second kappa shape index (κ2) is 5.27. The van der Waals surface area contributed by atoms with Gasteiger partial charge in [-0.15, -0.1) is 0 Å². The molecule has 1 heterocycles. The predicted octanol–water partition coefficient (Wildman–Crippen LogP) is 0.0827. The van der Waals surface area contributed by atoms with E-state index in [1.165, 1.54) is 6.33 Å². The van der Waals surface area contributed by atoms with Crippen molar-refractivity contribution >= 4 is 5.91 Å². The summed E-state index contributed by atoms with van der Waals surface area (Å²) in [6.07, 6.45) is 6.27. The molecule has 0 bridgehead atoms. The van der Waals surface area contributed by atoms with Crippen LogP contribution in [-0.2, 0) is 4.79 Å². The van der Waals surface area contributed by atoms with Crippen molar-refractivity contribution in [1.29, 1.82) is 0 Å². The van der Waals surface area contributed by atoms with Crippen LogP contribution in [0.1, 0.15) is 32.2 Å². The van der Waals surface area contributed by atoms with Gasteiger partial charge in [0, 0.05) is 6.04 Å². The second-order valence-electron chi connectivity index (χ2n) is 4.59. The van der Waals surface area contributed by atoms with Gasteiger partial charge in [-0.3, -0.25) is 4.79 Å². The summed E-state index contributed by atoms with van der Waals surface area (Å²) in [6, 6.07) is -0.102. The first-order valence-electron chi connectivity index (χ1n) is 6.07. The van der Waals surface area contributed by atoms with E-state index in [0.29, 0.717) is 12.5 Å². The van der Waals surface area contributed by atoms with Gasteiger partial charge in [0.1, 0.15) is 18.7 Å². The van der Waals surface area contributed by atoms with Gasteiger partial charge in [-0.05, 0) is 32.2 Å². The number of hydrogen-bond donors (Lipinski definition) is 2. The van der Waals surface area contributed by atoms with Crippen LogP contribution < -0.4 is 11.1 Å². The maximum Gasteiger partial charge on any atom is 0.244 e. The van der Waals surface area contributed by atoms with Crippen molar-refractivity contribution in [1.82, 2.24) is 20.1 Å². The molecule has 1 aromatic heterocycles. The predicted molar refractivity (Wildman–Crippen MR) is 63.1 cm³/mol. The summed E-state index contributed by atoms with van der Waals surface area (Å²) in [4.78, 5) is 15.9. The van der Waals surface area contributed by atoms with Gasteiger partial charge in [0.05, 0.1) is 0 Å². The molecule has 1 saturated carbocycles. The number of hydrogen-bond acceptors (Lipinski definition) is 4. The Balaban J connectivity index is 1.92. The minimum atomic E-state index is -0.323. The third-order valence-electron chi connectivity index (χ3n) is 3.50. The Kier molecular flexibility index (Phi) is 3.73. The second-order valence-corrected chi connectivity index (χ2v) is 4.59. The van der Waals surface area contributed by atoms with E-state index < -0.39 is 0 Å². The summed E-state index contributed by atoms with van der Waals surface area (Å²) in [5, 5.41) is 7.03. The molecule has 1 aromatic rings. The fourth-order valence-electron chi connectivity index (χ4n) is 2.35. The Morgan fingerprint density at radius 3 is 3.12 bits per heavy atom. The van der Waals surface area contributed by atoms with E-state index in [0.717, 1.165) is 19.3 Å². The van der Waals surface area contributed by atoms with Crippen LogP contribution in [0.2, 0.25) is 0 Å². The molecule has 17 heavy (non-hydrogen) atoms. The molecule has 1 aliphatic rings. The summed E-state index contributed by atoms with van der Waals surface area (Å²) < 4.78 is 1.56. The molecule has 2 rings (SSSR count). The first-order chi connectivity index (χ1) is 8.22. The highest BCUT2D eigenvalue weighted by Gasteiger charge is 2.29. The highest BCUT2D eigenvalue weighted by atomic mass is 16.2. The number of carbonyl (C=O) groups excluding carboxylic acids is 1. The average molecular weight is 237 g/mol. The van der Waals surface area contributed by atoms with Crippen LogP contribution in [0, 0.1) is 5.92 Å². The molecule has 3 unspecified atom stereocenters. The molecule has 0 radical (unpaired) electrons. The van der Waals surface area contributed by atoms with Crippen molar-refractivity contribution in [3.8, 4) is 0 Å². The van der Waals surface area contributed by atoms with Crippen molar-refractivity contribution in [3.05, 3.63) is 12.7 Å². The van der Waals surface area contributed by atoms with E-state index in [1.807, 2.05) is 6.92 Å². The molecule has 3 atom stereocenters. The average Bonchev–Trinajstić information content (AvgIpc) is 2.98. The summed E-state index contributed by atoms with van der Waals surface area (Å²) in [5.41, 5.74) is 5.69. The van der Waals surface area contributed by atoms with E-state index in [1.54, 1.807) is 11.0 Å². The largest absolute Gasteiger partial charge is 0.351 e. The van der Waals surface area contributed by atoms with Crippen molar-refractivity contribution in [2.75, 3.05) is 6.54 Å². The lowest BCUT2D eigenvalue weighted by Crippen LogP contribution is -2.42. The fraction of sp³-hybridized carbons (Fsp3) is 0.727. The van der Waals surface area contributed by atoms with Gasteiger partial charge in [0.15, 0.2) is 0 Å². The van der Waals surface area contributed by atoms with Crippen LogP contribution in [0.3, 0.4) is 0 Å². The number of aromatic nitrogens is 3. The monoisotopic (exact) mass is 237 g/mol. The van der Waals surface area contributed by atoms with Crippen LogP contribution in [0.5, 0.6) is 0 Å². The number of rotatable bonds is 4. The zero-order chi connectivity index (χ0) is 12.3. The number of carbonyl (C=O) groups is 1. The molecule has 0 aliphatic heterocycles. The fourth-order valence-corrected chi connectivity index (χ4v) is 2.35. The standard InChI is InChI=1S/C11H19N5O/c1-8(16-7-13-6-14-16)11(17)15-10-4-2-3-9(10)5-12/h6-10H,2-5,12H2,1H3,(H,15,17). The molecule has 0 saturated heterocycles. The number of nitrogens with two attached hydrogens (primary N) is 1. The van der Waals surface area contributed by atoms with Crippen LogP contribution in [0.25, 0.3) is 0 Å².